The van der Waals surface area contributed by atoms with E-state index in [1.165, 1.54) is 18.5 Å². The number of hydrogen-bond donors (Lipinski definition) is 2. The molecule has 0 bridgehead atoms. The van der Waals surface area contributed by atoms with Crippen LogP contribution in [0.3, 0.4) is 0 Å². The number of hydrogen-bond acceptors (Lipinski definition) is 4. The average Bonchev–Trinajstić information content (AvgIpc) is 2.84. The van der Waals surface area contributed by atoms with Crippen LogP contribution in [-0.4, -0.2) is 29.3 Å². The largest absolute Gasteiger partial charge is 0.396 e. The molecular weight excluding hydrogens is 214 g/mol. The van der Waals surface area contributed by atoms with Gasteiger partial charge in [0.25, 0.3) is 0 Å². The summed E-state index contributed by atoms with van der Waals surface area (Å²) < 4.78 is 0. The minimum atomic E-state index is 0.279. The lowest BCUT2D eigenvalue weighted by Crippen LogP contribution is -2.30. The molecule has 1 aromatic heterocycles. The number of nitrogens with zero attached hydrogens (tertiary/aromatic N) is 2. The molecule has 17 heavy (non-hydrogen) atoms. The third-order valence-corrected chi connectivity index (χ3v) is 3.49. The Balaban J connectivity index is 2.14. The number of anilines is 1. The van der Waals surface area contributed by atoms with E-state index in [1.807, 2.05) is 12.3 Å². The normalized spacial score (nSPS) is 19.9. The molecule has 0 radical (unpaired) electrons. The lowest BCUT2D eigenvalue weighted by molar-refractivity contribution is 0.279. The van der Waals surface area contributed by atoms with Crippen molar-refractivity contribution in [2.24, 2.45) is 5.73 Å². The van der Waals surface area contributed by atoms with E-state index in [2.05, 4.69) is 9.88 Å². The van der Waals surface area contributed by atoms with E-state index in [9.17, 15) is 0 Å². The van der Waals surface area contributed by atoms with E-state index >= 15 is 0 Å². The maximum absolute atomic E-state index is 8.93. The van der Waals surface area contributed by atoms with Crippen LogP contribution in [0, 0.1) is 0 Å². The minimum Gasteiger partial charge on any atom is -0.396 e. The minimum absolute atomic E-state index is 0.279. The predicted octanol–water partition coefficient (Wildman–Crippen LogP) is 1.28. The first-order valence-electron chi connectivity index (χ1n) is 6.37. The highest BCUT2D eigenvalue weighted by Gasteiger charge is 2.25. The molecule has 2 rings (SSSR count). The summed E-state index contributed by atoms with van der Waals surface area (Å²) >= 11 is 0. The Bertz CT molecular complexity index is 356. The Morgan fingerprint density at radius 2 is 2.41 bits per heavy atom. The van der Waals surface area contributed by atoms with Crippen molar-refractivity contribution in [1.29, 1.82) is 0 Å². The van der Waals surface area contributed by atoms with Crippen molar-refractivity contribution in [3.63, 3.8) is 0 Å². The number of pyridine rings is 1. The molecule has 1 fully saturated rings. The summed E-state index contributed by atoms with van der Waals surface area (Å²) in [6.45, 7) is 1.91. The zero-order valence-electron chi connectivity index (χ0n) is 10.2. The first kappa shape index (κ1) is 12.3. The van der Waals surface area contributed by atoms with Gasteiger partial charge in [0.1, 0.15) is 0 Å². The Kier molecular flexibility index (Phi) is 4.34. The van der Waals surface area contributed by atoms with E-state index in [-0.39, 0.29) is 6.61 Å². The second-order valence-corrected chi connectivity index (χ2v) is 4.56. The molecular formula is C13H21N3O. The van der Waals surface area contributed by atoms with Crippen molar-refractivity contribution in [2.45, 2.75) is 38.3 Å². The third kappa shape index (κ3) is 2.76. The molecule has 0 spiro atoms. The second kappa shape index (κ2) is 5.98. The van der Waals surface area contributed by atoms with Crippen LogP contribution in [-0.2, 0) is 6.54 Å². The maximum Gasteiger partial charge on any atom is 0.0600 e. The zero-order valence-corrected chi connectivity index (χ0v) is 10.2. The average molecular weight is 235 g/mol. The standard InChI is InChI=1S/C13H21N3O/c14-9-11-5-6-15-10-13(11)16-7-1-3-12(16)4-2-8-17/h5-6,10,12,17H,1-4,7-9,14H2. The van der Waals surface area contributed by atoms with Crippen LogP contribution in [0.1, 0.15) is 31.2 Å². The van der Waals surface area contributed by atoms with Crippen LogP contribution in [0.25, 0.3) is 0 Å². The molecule has 3 N–H and O–H groups in total. The fraction of sp³-hybridized carbons (Fsp3) is 0.615. The summed E-state index contributed by atoms with van der Waals surface area (Å²) in [5.74, 6) is 0. The summed E-state index contributed by atoms with van der Waals surface area (Å²) in [6.07, 6.45) is 8.06. The third-order valence-electron chi connectivity index (χ3n) is 3.49. The molecule has 4 nitrogen and oxygen atoms in total. The molecule has 0 saturated carbocycles. The van der Waals surface area contributed by atoms with Gasteiger partial charge in [-0.15, -0.1) is 0 Å². The summed E-state index contributed by atoms with van der Waals surface area (Å²) in [5, 5.41) is 8.93. The molecule has 1 atom stereocenters. The van der Waals surface area contributed by atoms with Crippen molar-refractivity contribution in [2.75, 3.05) is 18.1 Å². The van der Waals surface area contributed by atoms with Gasteiger partial charge in [-0.25, -0.2) is 0 Å². The topological polar surface area (TPSA) is 62.4 Å². The summed E-state index contributed by atoms with van der Waals surface area (Å²) in [4.78, 5) is 6.61. The van der Waals surface area contributed by atoms with Crippen molar-refractivity contribution < 1.29 is 5.11 Å². The van der Waals surface area contributed by atoms with Crippen LogP contribution >= 0.6 is 0 Å². The van der Waals surface area contributed by atoms with Gasteiger partial charge in [-0.1, -0.05) is 0 Å². The van der Waals surface area contributed by atoms with Crippen molar-refractivity contribution in [3.8, 4) is 0 Å². The summed E-state index contributed by atoms with van der Waals surface area (Å²) in [5.41, 5.74) is 8.11. The fourth-order valence-electron chi connectivity index (χ4n) is 2.63. The van der Waals surface area contributed by atoms with Crippen molar-refractivity contribution in [3.05, 3.63) is 24.0 Å². The predicted molar refractivity (Wildman–Crippen MR) is 68.8 cm³/mol. The Hall–Kier alpha value is -1.13. The van der Waals surface area contributed by atoms with Crippen LogP contribution in [0.15, 0.2) is 18.5 Å². The van der Waals surface area contributed by atoms with Crippen molar-refractivity contribution >= 4 is 5.69 Å². The molecule has 1 aliphatic rings. The molecule has 1 aliphatic heterocycles. The van der Waals surface area contributed by atoms with Crippen LogP contribution in [0.2, 0.25) is 0 Å². The number of aliphatic hydroxyl groups excluding tert-OH is 1. The first-order valence-corrected chi connectivity index (χ1v) is 6.37. The van der Waals surface area contributed by atoms with Crippen LogP contribution in [0.4, 0.5) is 5.69 Å². The van der Waals surface area contributed by atoms with E-state index in [0.29, 0.717) is 12.6 Å². The number of aromatic nitrogens is 1. The molecule has 94 valence electrons. The van der Waals surface area contributed by atoms with Gasteiger partial charge in [0.2, 0.25) is 0 Å². The highest BCUT2D eigenvalue weighted by Crippen LogP contribution is 2.29. The molecule has 0 aliphatic carbocycles. The summed E-state index contributed by atoms with van der Waals surface area (Å²) in [6, 6.07) is 2.54. The van der Waals surface area contributed by atoms with Crippen LogP contribution in [0.5, 0.6) is 0 Å². The Morgan fingerprint density at radius 1 is 1.53 bits per heavy atom. The molecule has 0 aromatic carbocycles. The summed E-state index contributed by atoms with van der Waals surface area (Å²) in [7, 11) is 0. The van der Waals surface area contributed by atoms with E-state index in [0.717, 1.165) is 24.9 Å². The monoisotopic (exact) mass is 235 g/mol. The highest BCUT2D eigenvalue weighted by molar-refractivity contribution is 5.53. The fourth-order valence-corrected chi connectivity index (χ4v) is 2.63. The number of aliphatic hydroxyl groups is 1. The first-order chi connectivity index (χ1) is 8.36. The van der Waals surface area contributed by atoms with Gasteiger partial charge in [-0.2, -0.15) is 0 Å². The van der Waals surface area contributed by atoms with Gasteiger partial charge in [-0.05, 0) is 37.3 Å². The smallest absolute Gasteiger partial charge is 0.0600 e. The Labute approximate surface area is 102 Å². The maximum atomic E-state index is 8.93. The highest BCUT2D eigenvalue weighted by atomic mass is 16.2. The van der Waals surface area contributed by atoms with Gasteiger partial charge < -0.3 is 15.7 Å². The van der Waals surface area contributed by atoms with Gasteiger partial charge in [-0.3, -0.25) is 4.98 Å². The molecule has 1 aromatic rings. The van der Waals surface area contributed by atoms with Gasteiger partial charge in [0.05, 0.1) is 11.9 Å². The van der Waals surface area contributed by atoms with E-state index in [1.54, 1.807) is 6.20 Å². The van der Waals surface area contributed by atoms with Crippen molar-refractivity contribution in [1.82, 2.24) is 4.98 Å². The molecule has 4 heteroatoms. The molecule has 0 amide bonds. The van der Waals surface area contributed by atoms with E-state index < -0.39 is 0 Å². The van der Waals surface area contributed by atoms with Gasteiger partial charge >= 0.3 is 0 Å². The lowest BCUT2D eigenvalue weighted by Gasteiger charge is -2.28. The van der Waals surface area contributed by atoms with E-state index in [4.69, 9.17) is 10.8 Å². The lowest BCUT2D eigenvalue weighted by atomic mass is 10.1. The molecule has 2 heterocycles. The quantitative estimate of drug-likeness (QED) is 0.807. The van der Waals surface area contributed by atoms with Crippen LogP contribution < -0.4 is 10.6 Å². The number of nitrogens with two attached hydrogens (primary N) is 1. The molecule has 1 saturated heterocycles. The van der Waals surface area contributed by atoms with Gasteiger partial charge in [0.15, 0.2) is 0 Å². The zero-order chi connectivity index (χ0) is 12.1. The molecule has 1 unspecified atom stereocenters. The second-order valence-electron chi connectivity index (χ2n) is 4.56. The Morgan fingerprint density at radius 3 is 3.18 bits per heavy atom. The number of rotatable bonds is 5. The SMILES string of the molecule is NCc1ccncc1N1CCCC1CCCO. The van der Waals surface area contributed by atoms with Gasteiger partial charge in [0, 0.05) is 31.9 Å².